The Balaban J connectivity index is 2.59. The van der Waals surface area contributed by atoms with Crippen LogP contribution in [-0.2, 0) is 0 Å². The van der Waals surface area contributed by atoms with Crippen LogP contribution >= 0.6 is 0 Å². The molecule has 1 heterocycles. The highest BCUT2D eigenvalue weighted by molar-refractivity contribution is 5.99. The van der Waals surface area contributed by atoms with E-state index in [9.17, 15) is 4.79 Å². The predicted molar refractivity (Wildman–Crippen MR) is 64.2 cm³/mol. The first-order valence-corrected chi connectivity index (χ1v) is 5.67. The van der Waals surface area contributed by atoms with Crippen molar-refractivity contribution in [1.29, 1.82) is 0 Å². The molecule has 5 heteroatoms. The molecular weight excluding hydrogens is 204 g/mol. The summed E-state index contributed by atoms with van der Waals surface area (Å²) in [5.74, 6) is 0.116. The molecule has 0 bridgehead atoms. The number of nitrogens with one attached hydrogen (secondary N) is 2. The molecule has 0 aliphatic rings. The van der Waals surface area contributed by atoms with E-state index in [0.29, 0.717) is 11.3 Å². The number of aromatic amines is 1. The fraction of sp³-hybridized carbons (Fsp3) is 0.636. The number of aromatic nitrogens is 2. The molecule has 16 heavy (non-hydrogen) atoms. The van der Waals surface area contributed by atoms with Gasteiger partial charge in [-0.2, -0.15) is 5.10 Å². The predicted octanol–water partition coefficient (Wildman–Crippen LogP) is 1.61. The summed E-state index contributed by atoms with van der Waals surface area (Å²) in [5.41, 5.74) is 6.78. The summed E-state index contributed by atoms with van der Waals surface area (Å²) < 4.78 is 0. The minimum Gasteiger partial charge on any atom is -0.382 e. The van der Waals surface area contributed by atoms with Gasteiger partial charge in [-0.3, -0.25) is 9.89 Å². The standard InChI is InChI=1S/C11H20N4O/c1-4-5-6-7(2)13-11(16)9-8(3)14-15-10(9)12/h7H,4-6H2,1-3H3,(H,13,16)(H3,12,14,15). The molecule has 90 valence electrons. The van der Waals surface area contributed by atoms with Crippen molar-refractivity contribution in [3.05, 3.63) is 11.3 Å². The fourth-order valence-corrected chi connectivity index (χ4v) is 1.61. The number of carbonyl (C=O) groups excluding carboxylic acids is 1. The topological polar surface area (TPSA) is 83.8 Å². The molecule has 1 aromatic heterocycles. The van der Waals surface area contributed by atoms with Crippen LogP contribution < -0.4 is 11.1 Å². The van der Waals surface area contributed by atoms with Gasteiger partial charge in [-0.25, -0.2) is 0 Å². The lowest BCUT2D eigenvalue weighted by Gasteiger charge is -2.13. The van der Waals surface area contributed by atoms with E-state index in [2.05, 4.69) is 22.4 Å². The molecule has 1 amide bonds. The van der Waals surface area contributed by atoms with Gasteiger partial charge in [0.1, 0.15) is 5.56 Å². The third-order valence-corrected chi connectivity index (χ3v) is 2.57. The van der Waals surface area contributed by atoms with Crippen LogP contribution in [0.1, 0.15) is 49.2 Å². The van der Waals surface area contributed by atoms with Crippen LogP contribution in [0.2, 0.25) is 0 Å². The summed E-state index contributed by atoms with van der Waals surface area (Å²) in [7, 11) is 0. The average Bonchev–Trinajstić information content (AvgIpc) is 2.55. The lowest BCUT2D eigenvalue weighted by molar-refractivity contribution is 0.0938. The second-order valence-electron chi connectivity index (χ2n) is 4.13. The Bertz CT molecular complexity index is 339. The Kier molecular flexibility index (Phi) is 4.34. The van der Waals surface area contributed by atoms with Crippen molar-refractivity contribution in [2.24, 2.45) is 0 Å². The SMILES string of the molecule is CCCCC(C)NC(=O)c1c(N)n[nH]c1C. The molecule has 0 radical (unpaired) electrons. The molecule has 0 aromatic carbocycles. The average molecular weight is 224 g/mol. The van der Waals surface area contributed by atoms with Gasteiger partial charge in [-0.15, -0.1) is 0 Å². The van der Waals surface area contributed by atoms with E-state index in [-0.39, 0.29) is 17.8 Å². The van der Waals surface area contributed by atoms with E-state index < -0.39 is 0 Å². The van der Waals surface area contributed by atoms with Crippen molar-refractivity contribution in [3.63, 3.8) is 0 Å². The number of nitrogen functional groups attached to an aromatic ring is 1. The summed E-state index contributed by atoms with van der Waals surface area (Å²) in [4.78, 5) is 11.9. The normalized spacial score (nSPS) is 12.4. The number of anilines is 1. The van der Waals surface area contributed by atoms with Crippen LogP contribution in [-0.4, -0.2) is 22.1 Å². The number of unbranched alkanes of at least 4 members (excludes halogenated alkanes) is 1. The molecule has 4 N–H and O–H groups in total. The van der Waals surface area contributed by atoms with Gasteiger partial charge in [0.15, 0.2) is 5.82 Å². The minimum absolute atomic E-state index is 0.146. The number of aryl methyl sites for hydroxylation is 1. The number of amides is 1. The van der Waals surface area contributed by atoms with Gasteiger partial charge in [0.2, 0.25) is 0 Å². The second-order valence-corrected chi connectivity index (χ2v) is 4.13. The van der Waals surface area contributed by atoms with Crippen molar-refractivity contribution in [1.82, 2.24) is 15.5 Å². The summed E-state index contributed by atoms with van der Waals surface area (Å²) in [6.45, 7) is 5.92. The summed E-state index contributed by atoms with van der Waals surface area (Å²) in [6.07, 6.45) is 3.23. The zero-order chi connectivity index (χ0) is 12.1. The van der Waals surface area contributed by atoms with Crippen LogP contribution in [0.25, 0.3) is 0 Å². The third-order valence-electron chi connectivity index (χ3n) is 2.57. The number of hydrogen-bond acceptors (Lipinski definition) is 3. The van der Waals surface area contributed by atoms with Gasteiger partial charge in [0, 0.05) is 11.7 Å². The lowest BCUT2D eigenvalue weighted by atomic mass is 10.1. The minimum atomic E-state index is -0.146. The Morgan fingerprint density at radius 2 is 2.31 bits per heavy atom. The van der Waals surface area contributed by atoms with Crippen LogP contribution in [0.15, 0.2) is 0 Å². The molecule has 1 unspecified atom stereocenters. The first kappa shape index (κ1) is 12.5. The van der Waals surface area contributed by atoms with Crippen LogP contribution in [0.4, 0.5) is 5.82 Å². The number of H-pyrrole nitrogens is 1. The maximum atomic E-state index is 11.9. The molecule has 0 saturated heterocycles. The molecule has 0 fully saturated rings. The highest BCUT2D eigenvalue weighted by atomic mass is 16.1. The van der Waals surface area contributed by atoms with Crippen LogP contribution in [0, 0.1) is 6.92 Å². The van der Waals surface area contributed by atoms with E-state index in [1.165, 1.54) is 0 Å². The lowest BCUT2D eigenvalue weighted by Crippen LogP contribution is -2.33. The molecule has 0 aliphatic carbocycles. The van der Waals surface area contributed by atoms with Crippen molar-refractivity contribution in [2.75, 3.05) is 5.73 Å². The Morgan fingerprint density at radius 3 is 2.81 bits per heavy atom. The van der Waals surface area contributed by atoms with Crippen LogP contribution in [0.3, 0.4) is 0 Å². The fourth-order valence-electron chi connectivity index (χ4n) is 1.61. The van der Waals surface area contributed by atoms with E-state index in [4.69, 9.17) is 5.73 Å². The van der Waals surface area contributed by atoms with E-state index >= 15 is 0 Å². The Labute approximate surface area is 95.8 Å². The zero-order valence-electron chi connectivity index (χ0n) is 10.1. The monoisotopic (exact) mass is 224 g/mol. The molecule has 1 atom stereocenters. The zero-order valence-corrected chi connectivity index (χ0v) is 10.1. The van der Waals surface area contributed by atoms with Crippen LogP contribution in [0.5, 0.6) is 0 Å². The first-order valence-electron chi connectivity index (χ1n) is 5.67. The van der Waals surface area contributed by atoms with Gasteiger partial charge >= 0.3 is 0 Å². The smallest absolute Gasteiger partial charge is 0.257 e. The molecule has 0 saturated carbocycles. The summed E-state index contributed by atoms with van der Waals surface area (Å²) in [6, 6.07) is 0.168. The maximum absolute atomic E-state index is 11.9. The molecule has 5 nitrogen and oxygen atoms in total. The number of hydrogen-bond donors (Lipinski definition) is 3. The summed E-state index contributed by atoms with van der Waals surface area (Å²) in [5, 5.41) is 9.42. The first-order chi connectivity index (χ1) is 7.56. The van der Waals surface area contributed by atoms with Crippen molar-refractivity contribution in [3.8, 4) is 0 Å². The highest BCUT2D eigenvalue weighted by Crippen LogP contribution is 2.12. The molecule has 1 rings (SSSR count). The van der Waals surface area contributed by atoms with E-state index in [1.807, 2.05) is 6.92 Å². The van der Waals surface area contributed by atoms with Gasteiger partial charge in [-0.1, -0.05) is 19.8 Å². The second kappa shape index (κ2) is 5.53. The number of carbonyl (C=O) groups is 1. The Hall–Kier alpha value is -1.52. The Morgan fingerprint density at radius 1 is 1.62 bits per heavy atom. The van der Waals surface area contributed by atoms with Gasteiger partial charge in [-0.05, 0) is 20.3 Å². The van der Waals surface area contributed by atoms with Gasteiger partial charge in [0.05, 0.1) is 0 Å². The maximum Gasteiger partial charge on any atom is 0.257 e. The van der Waals surface area contributed by atoms with Crippen molar-refractivity contribution >= 4 is 11.7 Å². The molecule has 0 spiro atoms. The number of rotatable bonds is 5. The number of nitrogens with two attached hydrogens (primary N) is 1. The molecular formula is C11H20N4O. The largest absolute Gasteiger partial charge is 0.382 e. The van der Waals surface area contributed by atoms with Gasteiger partial charge < -0.3 is 11.1 Å². The van der Waals surface area contributed by atoms with Gasteiger partial charge in [0.25, 0.3) is 5.91 Å². The molecule has 0 aliphatic heterocycles. The van der Waals surface area contributed by atoms with E-state index in [1.54, 1.807) is 6.92 Å². The third kappa shape index (κ3) is 2.98. The number of nitrogens with zero attached hydrogens (tertiary/aromatic N) is 1. The van der Waals surface area contributed by atoms with E-state index in [0.717, 1.165) is 19.3 Å². The van der Waals surface area contributed by atoms with Crippen molar-refractivity contribution in [2.45, 2.75) is 46.1 Å². The molecule has 1 aromatic rings. The van der Waals surface area contributed by atoms with Crippen molar-refractivity contribution < 1.29 is 4.79 Å². The summed E-state index contributed by atoms with van der Waals surface area (Å²) >= 11 is 0. The quantitative estimate of drug-likeness (QED) is 0.710. The highest BCUT2D eigenvalue weighted by Gasteiger charge is 2.17.